The second kappa shape index (κ2) is 8.29. The molecule has 0 saturated heterocycles. The summed E-state index contributed by atoms with van der Waals surface area (Å²) in [5.74, 6) is 2.80. The predicted molar refractivity (Wildman–Crippen MR) is 86.5 cm³/mol. The van der Waals surface area contributed by atoms with Crippen molar-refractivity contribution in [1.82, 2.24) is 5.32 Å². The molecule has 1 heteroatoms. The maximum atomic E-state index is 3.67. The third-order valence-electron chi connectivity index (χ3n) is 4.99. The van der Waals surface area contributed by atoms with Gasteiger partial charge in [0.25, 0.3) is 0 Å². The summed E-state index contributed by atoms with van der Waals surface area (Å²) in [6.45, 7) is 14.4. The normalized spacial score (nSPS) is 28.3. The molecule has 3 atom stereocenters. The van der Waals surface area contributed by atoms with Gasteiger partial charge in [-0.05, 0) is 68.4 Å². The monoisotopic (exact) mass is 267 g/mol. The lowest BCUT2D eigenvalue weighted by atomic mass is 9.65. The van der Waals surface area contributed by atoms with Gasteiger partial charge in [-0.15, -0.1) is 0 Å². The van der Waals surface area contributed by atoms with Crippen molar-refractivity contribution >= 4 is 0 Å². The van der Waals surface area contributed by atoms with Crippen LogP contribution in [0.3, 0.4) is 0 Å². The van der Waals surface area contributed by atoms with Crippen molar-refractivity contribution in [3.63, 3.8) is 0 Å². The number of nitrogens with one attached hydrogen (secondary N) is 1. The van der Waals surface area contributed by atoms with Crippen LogP contribution in [-0.4, -0.2) is 13.1 Å². The van der Waals surface area contributed by atoms with E-state index in [4.69, 9.17) is 0 Å². The molecule has 1 aliphatic carbocycles. The topological polar surface area (TPSA) is 12.0 Å². The first-order valence-corrected chi connectivity index (χ1v) is 8.69. The van der Waals surface area contributed by atoms with Gasteiger partial charge in [-0.3, -0.25) is 0 Å². The van der Waals surface area contributed by atoms with E-state index in [-0.39, 0.29) is 0 Å². The highest BCUT2D eigenvalue weighted by molar-refractivity contribution is 4.86. The second-order valence-corrected chi connectivity index (χ2v) is 7.76. The van der Waals surface area contributed by atoms with Gasteiger partial charge in [0.1, 0.15) is 0 Å². The lowest BCUT2D eigenvalue weighted by Gasteiger charge is -2.42. The Kier molecular flexibility index (Phi) is 7.42. The van der Waals surface area contributed by atoms with Crippen molar-refractivity contribution in [3.8, 4) is 0 Å². The van der Waals surface area contributed by atoms with Crippen molar-refractivity contribution in [2.75, 3.05) is 13.1 Å². The Morgan fingerprint density at radius 2 is 1.89 bits per heavy atom. The zero-order valence-electron chi connectivity index (χ0n) is 14.1. The summed E-state index contributed by atoms with van der Waals surface area (Å²) in [6.07, 6.45) is 9.77. The van der Waals surface area contributed by atoms with Crippen LogP contribution in [0, 0.1) is 23.2 Å². The van der Waals surface area contributed by atoms with Gasteiger partial charge >= 0.3 is 0 Å². The van der Waals surface area contributed by atoms with Gasteiger partial charge in [0, 0.05) is 0 Å². The fraction of sp³-hybridized carbons (Fsp3) is 1.00. The highest BCUT2D eigenvalue weighted by atomic mass is 14.9. The molecular formula is C18H37N. The Balaban J connectivity index is 2.50. The second-order valence-electron chi connectivity index (χ2n) is 7.76. The fourth-order valence-corrected chi connectivity index (χ4v) is 3.93. The molecule has 1 aliphatic rings. The van der Waals surface area contributed by atoms with Crippen LogP contribution in [0.15, 0.2) is 0 Å². The van der Waals surface area contributed by atoms with Crippen LogP contribution in [0.2, 0.25) is 0 Å². The van der Waals surface area contributed by atoms with Gasteiger partial charge < -0.3 is 5.32 Å². The molecule has 1 fully saturated rings. The standard InChI is InChI=1S/C18H37N/c1-6-8-15(3)12-17-13-18(4,5)10-9-16(17)14-19-11-7-2/h15-17,19H,6-14H2,1-5H3. The third kappa shape index (κ3) is 6.29. The Hall–Kier alpha value is -0.0400. The number of rotatable bonds is 8. The molecule has 0 spiro atoms. The lowest BCUT2D eigenvalue weighted by molar-refractivity contribution is 0.0976. The Morgan fingerprint density at radius 3 is 2.53 bits per heavy atom. The molecule has 0 aliphatic heterocycles. The van der Waals surface area contributed by atoms with Crippen molar-refractivity contribution in [2.24, 2.45) is 23.2 Å². The van der Waals surface area contributed by atoms with Crippen LogP contribution in [0.25, 0.3) is 0 Å². The summed E-state index contributed by atoms with van der Waals surface area (Å²) < 4.78 is 0. The van der Waals surface area contributed by atoms with Crippen molar-refractivity contribution in [1.29, 1.82) is 0 Å². The van der Waals surface area contributed by atoms with Crippen molar-refractivity contribution in [2.45, 2.75) is 79.6 Å². The van der Waals surface area contributed by atoms with Crippen LogP contribution in [0.1, 0.15) is 79.6 Å². The van der Waals surface area contributed by atoms with Gasteiger partial charge in [0.2, 0.25) is 0 Å². The molecule has 19 heavy (non-hydrogen) atoms. The molecule has 0 bridgehead atoms. The third-order valence-corrected chi connectivity index (χ3v) is 4.99. The Bertz CT molecular complexity index is 234. The largest absolute Gasteiger partial charge is 0.316 e. The van der Waals surface area contributed by atoms with E-state index in [1.807, 2.05) is 0 Å². The zero-order valence-corrected chi connectivity index (χ0v) is 14.1. The van der Waals surface area contributed by atoms with Crippen LogP contribution < -0.4 is 5.32 Å². The molecule has 1 N–H and O–H groups in total. The van der Waals surface area contributed by atoms with E-state index in [0.717, 1.165) is 17.8 Å². The van der Waals surface area contributed by atoms with Crippen molar-refractivity contribution in [3.05, 3.63) is 0 Å². The van der Waals surface area contributed by atoms with Crippen LogP contribution in [0.4, 0.5) is 0 Å². The molecule has 0 heterocycles. The highest BCUT2D eigenvalue weighted by Gasteiger charge is 2.34. The van der Waals surface area contributed by atoms with E-state index in [2.05, 4.69) is 39.9 Å². The predicted octanol–water partition coefficient (Wildman–Crippen LogP) is 5.25. The van der Waals surface area contributed by atoms with E-state index in [0.29, 0.717) is 5.41 Å². The molecular weight excluding hydrogens is 230 g/mol. The van der Waals surface area contributed by atoms with E-state index in [1.54, 1.807) is 0 Å². The summed E-state index contributed by atoms with van der Waals surface area (Å²) >= 11 is 0. The summed E-state index contributed by atoms with van der Waals surface area (Å²) in [5.41, 5.74) is 0.581. The maximum absolute atomic E-state index is 3.67. The maximum Gasteiger partial charge on any atom is -0.00179 e. The van der Waals surface area contributed by atoms with E-state index >= 15 is 0 Å². The SMILES string of the molecule is CCCNCC1CCC(C)(C)CC1CC(C)CCC. The first-order valence-electron chi connectivity index (χ1n) is 8.69. The van der Waals surface area contributed by atoms with Crippen molar-refractivity contribution < 1.29 is 0 Å². The van der Waals surface area contributed by atoms with Crippen LogP contribution in [-0.2, 0) is 0 Å². The minimum absolute atomic E-state index is 0.581. The van der Waals surface area contributed by atoms with Gasteiger partial charge in [-0.1, -0.05) is 47.5 Å². The summed E-state index contributed by atoms with van der Waals surface area (Å²) in [4.78, 5) is 0. The minimum Gasteiger partial charge on any atom is -0.316 e. The molecule has 0 aromatic heterocycles. The smallest absolute Gasteiger partial charge is 0.00179 e. The van der Waals surface area contributed by atoms with Gasteiger partial charge in [-0.2, -0.15) is 0 Å². The van der Waals surface area contributed by atoms with E-state index in [9.17, 15) is 0 Å². The Morgan fingerprint density at radius 1 is 1.16 bits per heavy atom. The number of hydrogen-bond donors (Lipinski definition) is 1. The van der Waals surface area contributed by atoms with E-state index < -0.39 is 0 Å². The fourth-order valence-electron chi connectivity index (χ4n) is 3.93. The van der Waals surface area contributed by atoms with E-state index in [1.165, 1.54) is 58.0 Å². The molecule has 114 valence electrons. The quantitative estimate of drug-likeness (QED) is 0.592. The summed E-state index contributed by atoms with van der Waals surface area (Å²) in [6, 6.07) is 0. The molecule has 3 unspecified atom stereocenters. The summed E-state index contributed by atoms with van der Waals surface area (Å²) in [5, 5.41) is 3.67. The average molecular weight is 268 g/mol. The van der Waals surface area contributed by atoms with Gasteiger partial charge in [0.15, 0.2) is 0 Å². The summed E-state index contributed by atoms with van der Waals surface area (Å²) in [7, 11) is 0. The molecule has 0 aromatic rings. The Labute approximate surface area is 121 Å². The van der Waals surface area contributed by atoms with Gasteiger partial charge in [0.05, 0.1) is 0 Å². The highest BCUT2D eigenvalue weighted by Crippen LogP contribution is 2.44. The molecule has 0 radical (unpaired) electrons. The van der Waals surface area contributed by atoms with Crippen LogP contribution in [0.5, 0.6) is 0 Å². The lowest BCUT2D eigenvalue weighted by Crippen LogP contribution is -2.37. The zero-order chi connectivity index (χ0) is 14.3. The average Bonchev–Trinajstić information content (AvgIpc) is 2.32. The molecule has 0 aromatic carbocycles. The first kappa shape index (κ1) is 17.0. The number of hydrogen-bond acceptors (Lipinski definition) is 1. The molecule has 1 saturated carbocycles. The van der Waals surface area contributed by atoms with Gasteiger partial charge in [-0.25, -0.2) is 0 Å². The van der Waals surface area contributed by atoms with Crippen LogP contribution >= 0.6 is 0 Å². The minimum atomic E-state index is 0.581. The molecule has 1 nitrogen and oxygen atoms in total. The molecule has 0 amide bonds. The first-order chi connectivity index (χ1) is 8.98. The molecule has 1 rings (SSSR count).